The number of methoxy groups -OCH3 is 1. The summed E-state index contributed by atoms with van der Waals surface area (Å²) < 4.78 is 10.4. The highest BCUT2D eigenvalue weighted by Crippen LogP contribution is 2.25. The van der Waals surface area contributed by atoms with Crippen molar-refractivity contribution >= 4 is 66.3 Å². The third-order valence-electron chi connectivity index (χ3n) is 2.40. The quantitative estimate of drug-likeness (QED) is 0.172. The van der Waals surface area contributed by atoms with E-state index in [2.05, 4.69) is 42.4 Å². The smallest absolute Gasteiger partial charge is 0.118 e. The van der Waals surface area contributed by atoms with Crippen LogP contribution in [0.5, 0.6) is 5.75 Å². The fraction of sp³-hybridized carbons (Fsp3) is 0.273. The van der Waals surface area contributed by atoms with Gasteiger partial charge in [0.1, 0.15) is 12.4 Å². The summed E-state index contributed by atoms with van der Waals surface area (Å²) in [6, 6.07) is 7.61. The van der Waals surface area contributed by atoms with Crippen LogP contribution in [0.25, 0.3) is 5.70 Å². The van der Waals surface area contributed by atoms with E-state index in [9.17, 15) is 0 Å². The fourth-order valence-corrected chi connectivity index (χ4v) is 3.24. The van der Waals surface area contributed by atoms with E-state index >= 15 is 0 Å². The number of ether oxygens (including phenoxy) is 1. The van der Waals surface area contributed by atoms with E-state index in [1.165, 1.54) is 9.21 Å². The number of nitrogens with two attached hydrogens (primary N) is 2. The molecule has 5 nitrogen and oxygen atoms in total. The number of rotatable bonds is 8. The Kier molecular flexibility index (Phi) is 9.44. The van der Waals surface area contributed by atoms with Gasteiger partial charge in [0.25, 0.3) is 0 Å². The second kappa shape index (κ2) is 10.2. The molecule has 0 unspecified atom stereocenters. The zero-order valence-corrected chi connectivity index (χ0v) is 16.7. The van der Waals surface area contributed by atoms with Crippen LogP contribution in [0.2, 0.25) is 0 Å². The van der Waals surface area contributed by atoms with E-state index in [-0.39, 0.29) is 0 Å². The van der Waals surface area contributed by atoms with Gasteiger partial charge in [-0.15, -0.1) is 0 Å². The lowest BCUT2D eigenvalue weighted by Gasteiger charge is -2.23. The molecule has 0 atom stereocenters. The van der Waals surface area contributed by atoms with Crippen LogP contribution < -0.4 is 16.3 Å². The maximum absolute atomic E-state index is 6.11. The molecule has 0 bridgehead atoms. The second-order valence-electron chi connectivity index (χ2n) is 3.64. The van der Waals surface area contributed by atoms with Crippen LogP contribution in [0.1, 0.15) is 5.56 Å². The first-order chi connectivity index (χ1) is 9.63. The van der Waals surface area contributed by atoms with Crippen LogP contribution >= 0.6 is 60.6 Å². The molecule has 4 N–H and O–H groups in total. The molecule has 0 spiro atoms. The Morgan fingerprint density at radius 1 is 1.30 bits per heavy atom. The zero-order chi connectivity index (χ0) is 15.0. The minimum absolute atomic E-state index is 0.314. The van der Waals surface area contributed by atoms with E-state index < -0.39 is 0 Å². The molecule has 1 rings (SSSR count). The fourth-order valence-electron chi connectivity index (χ4n) is 1.56. The summed E-state index contributed by atoms with van der Waals surface area (Å²) in [6.07, 6.45) is 0. The predicted octanol–water partition coefficient (Wildman–Crippen LogP) is 3.55. The van der Waals surface area contributed by atoms with Crippen molar-refractivity contribution in [2.45, 2.75) is 0 Å². The third kappa shape index (κ3) is 5.67. The number of nitrogens with zero attached hydrogens (tertiary/aromatic N) is 1. The second-order valence-corrected chi connectivity index (χ2v) is 7.42. The molecular weight excluding hydrogens is 524 g/mol. The summed E-state index contributed by atoms with van der Waals surface area (Å²) in [6.45, 7) is 0.314. The van der Waals surface area contributed by atoms with Gasteiger partial charge in [0.15, 0.2) is 0 Å². The summed E-state index contributed by atoms with van der Waals surface area (Å²) in [7, 11) is 4.47. The maximum atomic E-state index is 6.11. The Balaban J connectivity index is 3.07. The van der Waals surface area contributed by atoms with E-state index in [1.807, 2.05) is 24.3 Å². The first kappa shape index (κ1) is 18.5. The minimum atomic E-state index is 0.314. The molecule has 0 aliphatic carbocycles. The molecule has 0 aliphatic heterocycles. The van der Waals surface area contributed by atoms with Crippen molar-refractivity contribution < 1.29 is 8.92 Å². The molecule has 0 saturated carbocycles. The van der Waals surface area contributed by atoms with Crippen molar-refractivity contribution in [1.29, 1.82) is 0 Å². The van der Waals surface area contributed by atoms with Crippen molar-refractivity contribution in [2.24, 2.45) is 11.6 Å². The Morgan fingerprint density at radius 3 is 2.45 bits per heavy atom. The van der Waals surface area contributed by atoms with Gasteiger partial charge >= 0.3 is 0 Å². The normalized spacial score (nSPS) is 12.0. The average Bonchev–Trinajstić information content (AvgIpc) is 2.46. The molecule has 9 heteroatoms. The highest BCUT2D eigenvalue weighted by atomic mass is 127. The van der Waals surface area contributed by atoms with Gasteiger partial charge in [0.05, 0.1) is 33.6 Å². The van der Waals surface area contributed by atoms with Crippen LogP contribution in [0.4, 0.5) is 0 Å². The highest BCUT2D eigenvalue weighted by Gasteiger charge is 2.13. The zero-order valence-electron chi connectivity index (χ0n) is 10.7. The third-order valence-corrected chi connectivity index (χ3v) is 4.58. The van der Waals surface area contributed by atoms with Crippen LogP contribution in [0.3, 0.4) is 0 Å². The molecule has 0 heterocycles. The summed E-state index contributed by atoms with van der Waals surface area (Å²) >= 11 is 4.25. The molecule has 1 aromatic rings. The predicted molar refractivity (Wildman–Crippen MR) is 104 cm³/mol. The molecule has 0 radical (unpaired) electrons. The first-order valence-electron chi connectivity index (χ1n) is 5.43. The molecule has 0 fully saturated rings. The Hall–Kier alpha value is 0.440. The molecule has 112 valence electrons. The first-order valence-corrected chi connectivity index (χ1v) is 12.2. The molecule has 20 heavy (non-hydrogen) atoms. The van der Waals surface area contributed by atoms with Crippen molar-refractivity contribution in [3.63, 3.8) is 0 Å². The van der Waals surface area contributed by atoms with Gasteiger partial charge in [-0.25, -0.2) is 5.84 Å². The summed E-state index contributed by atoms with van der Waals surface area (Å²) in [5, 5.41) is 1.62. The van der Waals surface area contributed by atoms with E-state index in [0.717, 1.165) is 17.0 Å². The number of hydrogen-bond acceptors (Lipinski definition) is 7. The summed E-state index contributed by atoms with van der Waals surface area (Å²) in [5.41, 5.74) is 8.40. The average molecular weight is 539 g/mol. The monoisotopic (exact) mass is 539 g/mol. The number of hydrogen-bond donors (Lipinski definition) is 2. The number of benzene rings is 1. The van der Waals surface area contributed by atoms with Gasteiger partial charge in [-0.3, -0.25) is 9.19 Å². The van der Waals surface area contributed by atoms with E-state index in [1.54, 1.807) is 21.1 Å². The van der Waals surface area contributed by atoms with Gasteiger partial charge in [0.2, 0.25) is 0 Å². The van der Waals surface area contributed by atoms with Crippen molar-refractivity contribution in [2.75, 3.05) is 19.6 Å². The summed E-state index contributed by atoms with van der Waals surface area (Å²) in [5.74, 6) is 7.49. The maximum Gasteiger partial charge on any atom is 0.118 e. The Bertz CT molecular complexity index is 446. The van der Waals surface area contributed by atoms with E-state index in [4.69, 9.17) is 20.5 Å². The molecule has 0 saturated heterocycles. The van der Waals surface area contributed by atoms with Crippen molar-refractivity contribution in [1.82, 2.24) is 5.01 Å². The SMILES string of the molecule is COc1ccc(/C(=C(/N)COSI)N(N)CSI)cc1. The van der Waals surface area contributed by atoms with Crippen molar-refractivity contribution in [3.8, 4) is 5.75 Å². The lowest BCUT2D eigenvalue weighted by molar-refractivity contribution is 0.411. The van der Waals surface area contributed by atoms with Gasteiger partial charge < -0.3 is 10.5 Å². The Labute approximate surface area is 151 Å². The van der Waals surface area contributed by atoms with Gasteiger partial charge in [-0.05, 0) is 45.5 Å². The molecule has 0 aliphatic rings. The molecule has 0 aromatic heterocycles. The molecular formula is C11H15I2N3O2S2. The van der Waals surface area contributed by atoms with Crippen LogP contribution in [0, 0.1) is 0 Å². The van der Waals surface area contributed by atoms with Gasteiger partial charge in [-0.2, -0.15) is 0 Å². The lowest BCUT2D eigenvalue weighted by atomic mass is 10.1. The van der Waals surface area contributed by atoms with Gasteiger partial charge in [0, 0.05) is 26.8 Å². The van der Waals surface area contributed by atoms with E-state index in [0.29, 0.717) is 18.2 Å². The van der Waals surface area contributed by atoms with Crippen LogP contribution in [0.15, 0.2) is 30.0 Å². The number of hydrazine groups is 1. The largest absolute Gasteiger partial charge is 0.497 e. The Morgan fingerprint density at radius 2 is 1.95 bits per heavy atom. The van der Waals surface area contributed by atoms with Crippen molar-refractivity contribution in [3.05, 3.63) is 35.5 Å². The minimum Gasteiger partial charge on any atom is -0.497 e. The summed E-state index contributed by atoms with van der Waals surface area (Å²) in [4.78, 5) is 0. The molecule has 1 aromatic carbocycles. The van der Waals surface area contributed by atoms with Crippen LogP contribution in [-0.2, 0) is 4.18 Å². The molecule has 0 amide bonds. The topological polar surface area (TPSA) is 73.7 Å². The number of halogens is 2. The van der Waals surface area contributed by atoms with Crippen LogP contribution in [-0.4, -0.2) is 24.6 Å². The van der Waals surface area contributed by atoms with Gasteiger partial charge in [-0.1, -0.05) is 8.93 Å². The highest BCUT2D eigenvalue weighted by molar-refractivity contribution is 14.2. The standard InChI is InChI=1S/C11H15I2N3O2S2/c1-17-9-4-2-8(3-5-9)11(16(15)7-19-12)10(14)6-18-20-13/h2-5H,6-7,14-15H2,1H3/b11-10-. The lowest BCUT2D eigenvalue weighted by Crippen LogP contribution is -2.31.